The molecule has 8 nitrogen and oxygen atoms in total. The zero-order valence-corrected chi connectivity index (χ0v) is 15.1. The molecule has 2 N–H and O–H groups in total. The van der Waals surface area contributed by atoms with Crippen molar-refractivity contribution in [1.82, 2.24) is 15.5 Å². The number of benzene rings is 1. The van der Waals surface area contributed by atoms with E-state index in [1.165, 1.54) is 25.6 Å². The van der Waals surface area contributed by atoms with Gasteiger partial charge in [0.05, 0.1) is 14.2 Å². The second-order valence-corrected chi connectivity index (χ2v) is 6.07. The Bertz CT molecular complexity index is 725. The van der Waals surface area contributed by atoms with Gasteiger partial charge < -0.3 is 20.1 Å². The van der Waals surface area contributed by atoms with E-state index in [1.807, 2.05) is 6.92 Å². The van der Waals surface area contributed by atoms with Gasteiger partial charge in [-0.1, -0.05) is 18.3 Å². The maximum atomic E-state index is 12.2. The van der Waals surface area contributed by atoms with E-state index in [0.717, 1.165) is 11.4 Å². The van der Waals surface area contributed by atoms with Gasteiger partial charge in [-0.3, -0.25) is 9.59 Å². The Morgan fingerprint density at radius 3 is 2.36 bits per heavy atom. The molecule has 0 spiro atoms. The van der Waals surface area contributed by atoms with Gasteiger partial charge >= 0.3 is 0 Å². The van der Waals surface area contributed by atoms with E-state index in [1.54, 1.807) is 18.2 Å². The predicted octanol–water partition coefficient (Wildman–Crippen LogP) is 1.88. The molecular formula is C16H20N4O4S. The van der Waals surface area contributed by atoms with Crippen molar-refractivity contribution in [3.05, 3.63) is 28.8 Å². The summed E-state index contributed by atoms with van der Waals surface area (Å²) in [6, 6.07) is 4.88. The number of ether oxygens (including phenoxy) is 2. The fourth-order valence-electron chi connectivity index (χ4n) is 1.96. The molecule has 1 aromatic carbocycles. The first-order chi connectivity index (χ1) is 12.0. The Morgan fingerprint density at radius 1 is 1.12 bits per heavy atom. The largest absolute Gasteiger partial charge is 0.497 e. The van der Waals surface area contributed by atoms with Gasteiger partial charge in [0.1, 0.15) is 16.5 Å². The summed E-state index contributed by atoms with van der Waals surface area (Å²) in [6.07, 6.45) is 0.904. The van der Waals surface area contributed by atoms with E-state index in [0.29, 0.717) is 22.2 Å². The van der Waals surface area contributed by atoms with Gasteiger partial charge in [-0.15, -0.1) is 10.2 Å². The Kier molecular flexibility index (Phi) is 6.70. The Labute approximate surface area is 149 Å². The lowest BCUT2D eigenvalue weighted by atomic mass is 10.2. The van der Waals surface area contributed by atoms with Crippen molar-refractivity contribution in [2.45, 2.75) is 19.8 Å². The molecule has 9 heteroatoms. The molecule has 2 amide bonds. The third kappa shape index (κ3) is 5.42. The summed E-state index contributed by atoms with van der Waals surface area (Å²) >= 11 is 1.34. The minimum Gasteiger partial charge on any atom is -0.497 e. The highest BCUT2D eigenvalue weighted by Crippen LogP contribution is 2.22. The van der Waals surface area contributed by atoms with Crippen molar-refractivity contribution in [3.8, 4) is 11.5 Å². The van der Waals surface area contributed by atoms with Crippen LogP contribution in [0.25, 0.3) is 0 Å². The molecule has 1 heterocycles. The first kappa shape index (κ1) is 18.7. The minimum absolute atomic E-state index is 0.133. The lowest BCUT2D eigenvalue weighted by molar-refractivity contribution is -0.116. The highest BCUT2D eigenvalue weighted by molar-refractivity contribution is 7.15. The lowest BCUT2D eigenvalue weighted by Gasteiger charge is -2.09. The zero-order chi connectivity index (χ0) is 18.2. The average Bonchev–Trinajstić information content (AvgIpc) is 3.08. The highest BCUT2D eigenvalue weighted by Gasteiger charge is 2.11. The summed E-state index contributed by atoms with van der Waals surface area (Å²) in [7, 11) is 3.02. The number of amides is 2. The summed E-state index contributed by atoms with van der Waals surface area (Å²) in [5.41, 5.74) is 0.397. The molecule has 0 atom stereocenters. The smallest absolute Gasteiger partial charge is 0.251 e. The van der Waals surface area contributed by atoms with Crippen molar-refractivity contribution in [3.63, 3.8) is 0 Å². The molecule has 0 radical (unpaired) electrons. The van der Waals surface area contributed by atoms with Crippen molar-refractivity contribution < 1.29 is 19.1 Å². The quantitative estimate of drug-likeness (QED) is 0.741. The molecular weight excluding hydrogens is 344 g/mol. The van der Waals surface area contributed by atoms with Crippen LogP contribution in [0.1, 0.15) is 28.7 Å². The molecule has 0 aliphatic rings. The maximum Gasteiger partial charge on any atom is 0.251 e. The van der Waals surface area contributed by atoms with Crippen LogP contribution in [0, 0.1) is 0 Å². The van der Waals surface area contributed by atoms with Crippen molar-refractivity contribution in [2.75, 3.05) is 26.1 Å². The Balaban J connectivity index is 1.84. The number of hydrogen-bond donors (Lipinski definition) is 2. The van der Waals surface area contributed by atoms with E-state index < -0.39 is 0 Å². The normalized spacial score (nSPS) is 10.2. The summed E-state index contributed by atoms with van der Waals surface area (Å²) < 4.78 is 10.3. The fourth-order valence-corrected chi connectivity index (χ4v) is 2.65. The molecule has 0 unspecified atom stereocenters. The lowest BCUT2D eigenvalue weighted by Crippen LogP contribution is -2.27. The molecule has 0 saturated heterocycles. The van der Waals surface area contributed by atoms with Crippen molar-refractivity contribution in [1.29, 1.82) is 0 Å². The average molecular weight is 364 g/mol. The van der Waals surface area contributed by atoms with Crippen LogP contribution < -0.4 is 20.1 Å². The molecule has 0 aliphatic carbocycles. The number of rotatable bonds is 8. The van der Waals surface area contributed by atoms with E-state index in [2.05, 4.69) is 20.8 Å². The number of anilines is 1. The standard InChI is InChI=1S/C16H20N4O4S/c1-4-14-19-20-16(25-14)18-13(21)5-6-17-15(22)10-7-11(23-2)9-12(8-10)24-3/h7-9H,4-6H2,1-3H3,(H,17,22)(H,18,20,21). The Hall–Kier alpha value is -2.68. The number of carbonyl (C=O) groups excluding carboxylic acids is 2. The first-order valence-corrected chi connectivity index (χ1v) is 8.50. The molecule has 0 fully saturated rings. The third-order valence-electron chi connectivity index (χ3n) is 3.27. The van der Waals surface area contributed by atoms with Crippen LogP contribution in [0.2, 0.25) is 0 Å². The van der Waals surface area contributed by atoms with Gasteiger partial charge in [0.2, 0.25) is 11.0 Å². The molecule has 0 bridgehead atoms. The third-order valence-corrected chi connectivity index (χ3v) is 4.25. The maximum absolute atomic E-state index is 12.2. The van der Waals surface area contributed by atoms with Crippen molar-refractivity contribution >= 4 is 28.3 Å². The van der Waals surface area contributed by atoms with Gasteiger partial charge in [-0.05, 0) is 18.6 Å². The number of aromatic nitrogens is 2. The molecule has 1 aromatic heterocycles. The SMILES string of the molecule is CCc1nnc(NC(=O)CCNC(=O)c2cc(OC)cc(OC)c2)s1. The van der Waals surface area contributed by atoms with Crippen LogP contribution >= 0.6 is 11.3 Å². The van der Waals surface area contributed by atoms with E-state index in [-0.39, 0.29) is 24.8 Å². The number of hydrogen-bond acceptors (Lipinski definition) is 7. The monoisotopic (exact) mass is 364 g/mol. The van der Waals surface area contributed by atoms with Gasteiger partial charge in [0, 0.05) is 24.6 Å². The molecule has 25 heavy (non-hydrogen) atoms. The van der Waals surface area contributed by atoms with E-state index in [4.69, 9.17) is 9.47 Å². The number of carbonyl (C=O) groups is 2. The van der Waals surface area contributed by atoms with E-state index >= 15 is 0 Å². The Morgan fingerprint density at radius 2 is 1.80 bits per heavy atom. The van der Waals surface area contributed by atoms with Crippen LogP contribution in [0.3, 0.4) is 0 Å². The molecule has 2 aromatic rings. The van der Waals surface area contributed by atoms with Crippen molar-refractivity contribution in [2.24, 2.45) is 0 Å². The second-order valence-electron chi connectivity index (χ2n) is 5.01. The molecule has 2 rings (SSSR count). The number of methoxy groups -OCH3 is 2. The molecule has 134 valence electrons. The summed E-state index contributed by atoms with van der Waals surface area (Å²) in [4.78, 5) is 24.1. The van der Waals surface area contributed by atoms with Gasteiger partial charge in [-0.25, -0.2) is 0 Å². The first-order valence-electron chi connectivity index (χ1n) is 7.69. The van der Waals surface area contributed by atoms with Gasteiger partial charge in [0.25, 0.3) is 5.91 Å². The van der Waals surface area contributed by atoms with Crippen LogP contribution in [0.4, 0.5) is 5.13 Å². The minimum atomic E-state index is -0.311. The van der Waals surface area contributed by atoms with Gasteiger partial charge in [-0.2, -0.15) is 0 Å². The van der Waals surface area contributed by atoms with E-state index in [9.17, 15) is 9.59 Å². The second kappa shape index (κ2) is 8.97. The highest BCUT2D eigenvalue weighted by atomic mass is 32.1. The molecule has 0 saturated carbocycles. The molecule has 0 aliphatic heterocycles. The van der Waals surface area contributed by atoms with Crippen LogP contribution in [-0.2, 0) is 11.2 Å². The predicted molar refractivity (Wildman–Crippen MR) is 94.4 cm³/mol. The van der Waals surface area contributed by atoms with Gasteiger partial charge in [0.15, 0.2) is 0 Å². The van der Waals surface area contributed by atoms with Crippen LogP contribution in [0.15, 0.2) is 18.2 Å². The number of nitrogens with zero attached hydrogens (tertiary/aromatic N) is 2. The zero-order valence-electron chi connectivity index (χ0n) is 14.3. The number of nitrogens with one attached hydrogen (secondary N) is 2. The van der Waals surface area contributed by atoms with Crippen LogP contribution in [0.5, 0.6) is 11.5 Å². The summed E-state index contributed by atoms with van der Waals surface area (Å²) in [5.74, 6) is 0.493. The summed E-state index contributed by atoms with van der Waals surface area (Å²) in [6.45, 7) is 2.17. The summed E-state index contributed by atoms with van der Waals surface area (Å²) in [5, 5.41) is 14.5. The van der Waals surface area contributed by atoms with Crippen LogP contribution in [-0.4, -0.2) is 42.8 Å². The fraction of sp³-hybridized carbons (Fsp3) is 0.375. The number of aryl methyl sites for hydroxylation is 1. The topological polar surface area (TPSA) is 102 Å².